The Hall–Kier alpha value is -0.980. The minimum Gasteiger partial charge on any atom is -0.339 e. The van der Waals surface area contributed by atoms with Crippen molar-refractivity contribution in [2.45, 2.75) is 44.2 Å². The lowest BCUT2D eigenvalue weighted by Crippen LogP contribution is -2.45. The molecule has 1 saturated carbocycles. The van der Waals surface area contributed by atoms with Crippen LogP contribution in [0.2, 0.25) is 0 Å². The van der Waals surface area contributed by atoms with E-state index < -0.39 is 0 Å². The molecule has 6 heteroatoms. The minimum absolute atomic E-state index is 0.237. The van der Waals surface area contributed by atoms with Crippen molar-refractivity contribution in [2.24, 2.45) is 11.7 Å². The molecule has 2 N–H and O–H groups in total. The van der Waals surface area contributed by atoms with E-state index in [0.717, 1.165) is 44.2 Å². The van der Waals surface area contributed by atoms with Gasteiger partial charge < -0.3 is 15.2 Å². The first kappa shape index (κ1) is 14.9. The number of hydrogen-bond donors (Lipinski definition) is 1. The van der Waals surface area contributed by atoms with E-state index in [2.05, 4.69) is 34.0 Å². The maximum atomic E-state index is 6.21. The number of rotatable bonds is 3. The van der Waals surface area contributed by atoms with Gasteiger partial charge in [0, 0.05) is 32.1 Å². The second-order valence-electron chi connectivity index (χ2n) is 6.72. The van der Waals surface area contributed by atoms with Crippen LogP contribution < -0.4 is 5.73 Å². The molecule has 1 aliphatic carbocycles. The van der Waals surface area contributed by atoms with Crippen LogP contribution in [-0.2, 0) is 6.42 Å². The highest BCUT2D eigenvalue weighted by Crippen LogP contribution is 2.27. The molecule has 2 heterocycles. The monoisotopic (exact) mass is 293 g/mol. The summed E-state index contributed by atoms with van der Waals surface area (Å²) in [5, 5.41) is 4.22. The zero-order valence-corrected chi connectivity index (χ0v) is 13.2. The fourth-order valence-corrected chi connectivity index (χ4v) is 3.49. The fourth-order valence-electron chi connectivity index (χ4n) is 3.49. The molecule has 0 bridgehead atoms. The van der Waals surface area contributed by atoms with Crippen molar-refractivity contribution < 1.29 is 4.52 Å². The third-order valence-corrected chi connectivity index (χ3v) is 5.04. The van der Waals surface area contributed by atoms with Crippen molar-refractivity contribution in [3.8, 4) is 0 Å². The van der Waals surface area contributed by atoms with Gasteiger partial charge in [0.15, 0.2) is 5.82 Å². The van der Waals surface area contributed by atoms with E-state index in [1.807, 2.05) is 0 Å². The molecule has 1 saturated heterocycles. The second-order valence-corrected chi connectivity index (χ2v) is 6.72. The third kappa shape index (κ3) is 3.44. The third-order valence-electron chi connectivity index (χ3n) is 5.04. The van der Waals surface area contributed by atoms with Gasteiger partial charge in [-0.25, -0.2) is 0 Å². The molecule has 3 rings (SSSR count). The van der Waals surface area contributed by atoms with Gasteiger partial charge in [-0.1, -0.05) is 18.0 Å². The quantitative estimate of drug-likeness (QED) is 0.898. The summed E-state index contributed by atoms with van der Waals surface area (Å²) in [6.07, 6.45) is 5.68. The Labute approximate surface area is 126 Å². The molecule has 6 nitrogen and oxygen atoms in total. The van der Waals surface area contributed by atoms with E-state index in [4.69, 9.17) is 10.3 Å². The maximum Gasteiger partial charge on any atom is 0.227 e. The van der Waals surface area contributed by atoms with Gasteiger partial charge in [-0.2, -0.15) is 4.98 Å². The number of nitrogens with two attached hydrogens (primary N) is 1. The van der Waals surface area contributed by atoms with Crippen LogP contribution in [0.4, 0.5) is 0 Å². The highest BCUT2D eigenvalue weighted by molar-refractivity contribution is 4.99. The van der Waals surface area contributed by atoms with Gasteiger partial charge in [0.1, 0.15) is 0 Å². The lowest BCUT2D eigenvalue weighted by Gasteiger charge is -2.35. The van der Waals surface area contributed by atoms with Crippen LogP contribution in [0.15, 0.2) is 4.52 Å². The second kappa shape index (κ2) is 6.42. The topological polar surface area (TPSA) is 71.4 Å². The number of aromatic nitrogens is 2. The average molecular weight is 293 g/mol. The van der Waals surface area contributed by atoms with E-state index in [1.165, 1.54) is 19.3 Å². The lowest BCUT2D eigenvalue weighted by atomic mass is 9.83. The molecule has 3 unspecified atom stereocenters. The Kier molecular flexibility index (Phi) is 4.57. The van der Waals surface area contributed by atoms with Gasteiger partial charge in [-0.3, -0.25) is 4.90 Å². The smallest absolute Gasteiger partial charge is 0.227 e. The molecule has 0 radical (unpaired) electrons. The number of piperazine rings is 1. The van der Waals surface area contributed by atoms with Gasteiger partial charge in [-0.15, -0.1) is 0 Å². The minimum atomic E-state index is 0.237. The molecule has 0 amide bonds. The molecule has 1 aromatic rings. The molecular weight excluding hydrogens is 266 g/mol. The molecule has 0 spiro atoms. The normalized spacial score (nSPS) is 32.4. The molecule has 118 valence electrons. The van der Waals surface area contributed by atoms with Crippen molar-refractivity contribution in [1.82, 2.24) is 19.9 Å². The molecule has 2 fully saturated rings. The summed E-state index contributed by atoms with van der Waals surface area (Å²) >= 11 is 0. The number of likely N-dealkylation sites (N-methyl/N-ethyl adjacent to an activating group) is 2. The van der Waals surface area contributed by atoms with Crippen molar-refractivity contribution >= 4 is 0 Å². The Morgan fingerprint density at radius 1 is 1.24 bits per heavy atom. The summed E-state index contributed by atoms with van der Waals surface area (Å²) in [5.74, 6) is 2.08. The summed E-state index contributed by atoms with van der Waals surface area (Å²) < 4.78 is 5.49. The maximum absolute atomic E-state index is 6.21. The van der Waals surface area contributed by atoms with Gasteiger partial charge in [-0.05, 0) is 32.9 Å². The molecule has 3 atom stereocenters. The first-order valence-corrected chi connectivity index (χ1v) is 8.10. The SMILES string of the molecule is CN1CCN(C)C(c2noc(CC3CCCCC3N)n2)C1. The van der Waals surface area contributed by atoms with Crippen LogP contribution in [0.3, 0.4) is 0 Å². The van der Waals surface area contributed by atoms with Gasteiger partial charge in [0.2, 0.25) is 5.89 Å². The highest BCUT2D eigenvalue weighted by atomic mass is 16.5. The van der Waals surface area contributed by atoms with Crippen LogP contribution in [0.25, 0.3) is 0 Å². The molecular formula is C15H27N5O. The summed E-state index contributed by atoms with van der Waals surface area (Å²) in [7, 11) is 4.27. The zero-order chi connectivity index (χ0) is 14.8. The van der Waals surface area contributed by atoms with Crippen LogP contribution in [-0.4, -0.2) is 59.7 Å². The first-order valence-electron chi connectivity index (χ1n) is 8.10. The lowest BCUT2D eigenvalue weighted by molar-refractivity contribution is 0.108. The standard InChI is InChI=1S/C15H27N5O/c1-19-7-8-20(2)13(10-19)15-17-14(21-18-15)9-11-5-3-4-6-12(11)16/h11-13H,3-10,16H2,1-2H3. The highest BCUT2D eigenvalue weighted by Gasteiger charge is 2.29. The Bertz CT molecular complexity index is 463. The van der Waals surface area contributed by atoms with E-state index >= 15 is 0 Å². The Morgan fingerprint density at radius 2 is 2.05 bits per heavy atom. The van der Waals surface area contributed by atoms with E-state index in [-0.39, 0.29) is 12.1 Å². The van der Waals surface area contributed by atoms with Gasteiger partial charge in [0.25, 0.3) is 0 Å². The summed E-state index contributed by atoms with van der Waals surface area (Å²) in [6, 6.07) is 0.527. The largest absolute Gasteiger partial charge is 0.339 e. The molecule has 0 aromatic carbocycles. The van der Waals surface area contributed by atoms with Crippen molar-refractivity contribution in [3.05, 3.63) is 11.7 Å². The van der Waals surface area contributed by atoms with E-state index in [0.29, 0.717) is 5.92 Å². The molecule has 1 aliphatic heterocycles. The predicted molar refractivity (Wildman–Crippen MR) is 80.8 cm³/mol. The molecule has 2 aliphatic rings. The Morgan fingerprint density at radius 3 is 2.86 bits per heavy atom. The predicted octanol–water partition coefficient (Wildman–Crippen LogP) is 1.05. The van der Waals surface area contributed by atoms with Crippen LogP contribution in [0.5, 0.6) is 0 Å². The molecule has 1 aromatic heterocycles. The van der Waals surface area contributed by atoms with Gasteiger partial charge in [0.05, 0.1) is 6.04 Å². The van der Waals surface area contributed by atoms with Crippen LogP contribution >= 0.6 is 0 Å². The zero-order valence-electron chi connectivity index (χ0n) is 13.2. The number of nitrogens with zero attached hydrogens (tertiary/aromatic N) is 4. The average Bonchev–Trinajstić information content (AvgIpc) is 2.92. The summed E-state index contributed by atoms with van der Waals surface area (Å²) in [5.41, 5.74) is 6.21. The van der Waals surface area contributed by atoms with Gasteiger partial charge >= 0.3 is 0 Å². The van der Waals surface area contributed by atoms with E-state index in [9.17, 15) is 0 Å². The Balaban J connectivity index is 1.65. The summed E-state index contributed by atoms with van der Waals surface area (Å²) in [6.45, 7) is 3.09. The van der Waals surface area contributed by atoms with Crippen LogP contribution in [0.1, 0.15) is 43.4 Å². The van der Waals surface area contributed by atoms with Crippen LogP contribution in [0, 0.1) is 5.92 Å². The number of hydrogen-bond acceptors (Lipinski definition) is 6. The summed E-state index contributed by atoms with van der Waals surface area (Å²) in [4.78, 5) is 9.27. The van der Waals surface area contributed by atoms with Crippen molar-refractivity contribution in [2.75, 3.05) is 33.7 Å². The first-order chi connectivity index (χ1) is 10.1. The molecule has 21 heavy (non-hydrogen) atoms. The van der Waals surface area contributed by atoms with E-state index in [1.54, 1.807) is 0 Å². The van der Waals surface area contributed by atoms with Crippen molar-refractivity contribution in [3.63, 3.8) is 0 Å². The van der Waals surface area contributed by atoms with Crippen molar-refractivity contribution in [1.29, 1.82) is 0 Å². The fraction of sp³-hybridized carbons (Fsp3) is 0.867.